The van der Waals surface area contributed by atoms with E-state index in [0.717, 1.165) is 0 Å². The Hall–Kier alpha value is -1.39. The molecule has 0 amide bonds. The summed E-state index contributed by atoms with van der Waals surface area (Å²) < 4.78 is 29.3. The van der Waals surface area contributed by atoms with Gasteiger partial charge in [-0.05, 0) is 13.0 Å². The van der Waals surface area contributed by atoms with Crippen LogP contribution in [0, 0.1) is 6.92 Å². The Morgan fingerprint density at radius 1 is 1.54 bits per heavy atom. The number of hydrogen-bond donors (Lipinski definition) is 1. The first-order valence-electron chi connectivity index (χ1n) is 3.62. The number of methoxy groups -OCH3 is 1. The zero-order valence-electron chi connectivity index (χ0n) is 7.23. The molecule has 3 nitrogen and oxygen atoms in total. The quantitative estimate of drug-likeness (QED) is 0.768. The molecule has 0 spiro atoms. The smallest absolute Gasteiger partial charge is 0.290 e. The third kappa shape index (κ3) is 1.85. The summed E-state index contributed by atoms with van der Waals surface area (Å²) in [7, 11) is 1.19. The summed E-state index contributed by atoms with van der Waals surface area (Å²) in [6.45, 7) is 1.53. The normalized spacial score (nSPS) is 10.5. The van der Waals surface area contributed by atoms with Crippen LogP contribution in [-0.4, -0.2) is 12.1 Å². The van der Waals surface area contributed by atoms with Gasteiger partial charge in [0.2, 0.25) is 0 Å². The highest BCUT2D eigenvalue weighted by atomic mass is 19.3. The zero-order chi connectivity index (χ0) is 10.0. The van der Waals surface area contributed by atoms with Gasteiger partial charge in [0.05, 0.1) is 12.7 Å². The van der Waals surface area contributed by atoms with E-state index >= 15 is 0 Å². The molecule has 0 saturated heterocycles. The van der Waals surface area contributed by atoms with Gasteiger partial charge in [0.1, 0.15) is 0 Å². The molecule has 13 heavy (non-hydrogen) atoms. The second kappa shape index (κ2) is 3.55. The largest absolute Gasteiger partial charge is 0.491 e. The van der Waals surface area contributed by atoms with Gasteiger partial charge in [0.15, 0.2) is 5.75 Å². The van der Waals surface area contributed by atoms with E-state index in [9.17, 15) is 13.6 Å². The van der Waals surface area contributed by atoms with Crippen molar-refractivity contribution in [2.24, 2.45) is 0 Å². The van der Waals surface area contributed by atoms with Crippen molar-refractivity contribution >= 4 is 0 Å². The predicted octanol–water partition coefficient (Wildman–Crippen LogP) is 1.63. The highest BCUT2D eigenvalue weighted by Crippen LogP contribution is 2.25. The Kier molecular flexibility index (Phi) is 2.65. The van der Waals surface area contributed by atoms with E-state index in [1.165, 1.54) is 20.1 Å². The molecule has 0 aliphatic carbocycles. The minimum atomic E-state index is -2.70. The maximum Gasteiger partial charge on any atom is 0.290 e. The van der Waals surface area contributed by atoms with Gasteiger partial charge in [-0.25, -0.2) is 8.78 Å². The maximum atomic E-state index is 12.3. The molecular weight excluding hydrogens is 180 g/mol. The lowest BCUT2D eigenvalue weighted by atomic mass is 10.2. The van der Waals surface area contributed by atoms with Crippen LogP contribution in [0.2, 0.25) is 0 Å². The molecule has 1 aromatic heterocycles. The van der Waals surface area contributed by atoms with E-state index in [4.69, 9.17) is 0 Å². The fourth-order valence-electron chi connectivity index (χ4n) is 1.07. The van der Waals surface area contributed by atoms with Crippen molar-refractivity contribution in [2.75, 3.05) is 7.11 Å². The Labute approximate surface area is 73.4 Å². The lowest BCUT2D eigenvalue weighted by Gasteiger charge is -2.06. The third-order valence-electron chi connectivity index (χ3n) is 1.59. The van der Waals surface area contributed by atoms with Crippen LogP contribution in [-0.2, 0) is 0 Å². The van der Waals surface area contributed by atoms with Gasteiger partial charge >= 0.3 is 0 Å². The Bertz CT molecular complexity index is 360. The third-order valence-corrected chi connectivity index (χ3v) is 1.59. The summed E-state index contributed by atoms with van der Waals surface area (Å²) in [5.41, 5.74) is -0.609. The topological polar surface area (TPSA) is 42.1 Å². The number of aromatic nitrogens is 1. The lowest BCUT2D eigenvalue weighted by Crippen LogP contribution is -2.13. The number of nitrogens with one attached hydrogen (secondary N) is 1. The summed E-state index contributed by atoms with van der Waals surface area (Å²) in [5.74, 6) is -0.319. The van der Waals surface area contributed by atoms with Crippen LogP contribution >= 0.6 is 0 Å². The van der Waals surface area contributed by atoms with Crippen molar-refractivity contribution in [3.8, 4) is 5.75 Å². The number of rotatable bonds is 2. The molecule has 0 aliphatic rings. The summed E-state index contributed by atoms with van der Waals surface area (Å²) in [6.07, 6.45) is -2.70. The number of ether oxygens (including phenoxy) is 1. The number of halogens is 2. The Morgan fingerprint density at radius 3 is 2.62 bits per heavy atom. The number of hydrogen-bond acceptors (Lipinski definition) is 2. The molecule has 0 radical (unpaired) electrons. The SMILES string of the molecule is COc1c(C(F)F)cc(C)[nH]c1=O. The minimum absolute atomic E-state index is 0.319. The number of aryl methyl sites for hydroxylation is 1. The van der Waals surface area contributed by atoms with Crippen LogP contribution in [0.25, 0.3) is 0 Å². The van der Waals surface area contributed by atoms with Crippen molar-refractivity contribution in [1.29, 1.82) is 0 Å². The molecule has 1 N–H and O–H groups in total. The highest BCUT2D eigenvalue weighted by molar-refractivity contribution is 5.33. The predicted molar refractivity (Wildman–Crippen MR) is 43.3 cm³/mol. The van der Waals surface area contributed by atoms with E-state index in [1.807, 2.05) is 0 Å². The highest BCUT2D eigenvalue weighted by Gasteiger charge is 2.16. The molecule has 0 aromatic carbocycles. The van der Waals surface area contributed by atoms with Crippen molar-refractivity contribution in [1.82, 2.24) is 4.98 Å². The fraction of sp³-hybridized carbons (Fsp3) is 0.375. The van der Waals surface area contributed by atoms with Crippen LogP contribution in [0.1, 0.15) is 17.7 Å². The number of aromatic amines is 1. The summed E-state index contributed by atoms with van der Waals surface area (Å²) >= 11 is 0. The molecule has 5 heteroatoms. The van der Waals surface area contributed by atoms with E-state index in [-0.39, 0.29) is 11.3 Å². The van der Waals surface area contributed by atoms with Gasteiger partial charge in [-0.2, -0.15) is 0 Å². The van der Waals surface area contributed by atoms with E-state index in [1.54, 1.807) is 0 Å². The molecule has 0 bridgehead atoms. The molecular formula is C8H9F2NO2. The van der Waals surface area contributed by atoms with E-state index in [0.29, 0.717) is 5.69 Å². The Morgan fingerprint density at radius 2 is 2.15 bits per heavy atom. The first-order chi connectivity index (χ1) is 6.06. The number of H-pyrrole nitrogens is 1. The first kappa shape index (κ1) is 9.70. The van der Waals surface area contributed by atoms with Crippen LogP contribution in [0.3, 0.4) is 0 Å². The van der Waals surface area contributed by atoms with Crippen LogP contribution in [0.15, 0.2) is 10.9 Å². The average molecular weight is 189 g/mol. The molecule has 0 fully saturated rings. The molecule has 1 heterocycles. The summed E-state index contributed by atoms with van der Waals surface area (Å²) in [5, 5.41) is 0. The summed E-state index contributed by atoms with van der Waals surface area (Å²) in [6, 6.07) is 1.20. The van der Waals surface area contributed by atoms with E-state index in [2.05, 4.69) is 9.72 Å². The molecule has 0 saturated carbocycles. The molecule has 72 valence electrons. The molecule has 0 atom stereocenters. The molecule has 0 unspecified atom stereocenters. The van der Waals surface area contributed by atoms with Crippen molar-refractivity contribution in [3.63, 3.8) is 0 Å². The first-order valence-corrected chi connectivity index (χ1v) is 3.62. The second-order valence-corrected chi connectivity index (χ2v) is 2.57. The zero-order valence-corrected chi connectivity index (χ0v) is 7.23. The minimum Gasteiger partial charge on any atom is -0.491 e. The monoisotopic (exact) mass is 189 g/mol. The van der Waals surface area contributed by atoms with Crippen LogP contribution < -0.4 is 10.3 Å². The van der Waals surface area contributed by atoms with Gasteiger partial charge in [0, 0.05) is 5.69 Å². The van der Waals surface area contributed by atoms with Gasteiger partial charge in [0.25, 0.3) is 12.0 Å². The van der Waals surface area contributed by atoms with E-state index < -0.39 is 12.0 Å². The molecule has 0 aliphatic heterocycles. The summed E-state index contributed by atoms with van der Waals surface area (Å²) in [4.78, 5) is 13.5. The van der Waals surface area contributed by atoms with Gasteiger partial charge < -0.3 is 9.72 Å². The van der Waals surface area contributed by atoms with Crippen molar-refractivity contribution in [3.05, 3.63) is 27.7 Å². The second-order valence-electron chi connectivity index (χ2n) is 2.57. The van der Waals surface area contributed by atoms with Gasteiger partial charge in [-0.3, -0.25) is 4.79 Å². The number of pyridine rings is 1. The van der Waals surface area contributed by atoms with Crippen LogP contribution in [0.4, 0.5) is 8.78 Å². The lowest BCUT2D eigenvalue weighted by molar-refractivity contribution is 0.146. The van der Waals surface area contributed by atoms with Crippen molar-refractivity contribution in [2.45, 2.75) is 13.3 Å². The molecule has 1 rings (SSSR count). The fourth-order valence-corrected chi connectivity index (χ4v) is 1.07. The Balaban J connectivity index is 3.38. The van der Waals surface area contributed by atoms with Gasteiger partial charge in [-0.1, -0.05) is 0 Å². The van der Waals surface area contributed by atoms with Crippen molar-refractivity contribution < 1.29 is 13.5 Å². The standard InChI is InChI=1S/C8H9F2NO2/c1-4-3-5(7(9)10)6(13-2)8(12)11-4/h3,7H,1-2H3,(H,11,12). The average Bonchev–Trinajstić information content (AvgIpc) is 2.02. The maximum absolute atomic E-state index is 12.3. The molecule has 1 aromatic rings. The van der Waals surface area contributed by atoms with Crippen LogP contribution in [0.5, 0.6) is 5.75 Å². The number of alkyl halides is 2. The van der Waals surface area contributed by atoms with Gasteiger partial charge in [-0.15, -0.1) is 0 Å².